The van der Waals surface area contributed by atoms with E-state index >= 15 is 0 Å². The second kappa shape index (κ2) is 5.33. The number of likely N-dealkylation sites (tertiary alicyclic amines) is 1. The maximum atomic E-state index is 12.2. The highest BCUT2D eigenvalue weighted by Crippen LogP contribution is 2.23. The van der Waals surface area contributed by atoms with Crippen LogP contribution in [-0.2, 0) is 7.05 Å². The molecule has 1 N–H and O–H groups in total. The van der Waals surface area contributed by atoms with Crippen LogP contribution in [0.15, 0.2) is 12.5 Å². The maximum absolute atomic E-state index is 12.2. The van der Waals surface area contributed by atoms with Gasteiger partial charge in [0, 0.05) is 31.7 Å². The van der Waals surface area contributed by atoms with Gasteiger partial charge < -0.3 is 14.8 Å². The third kappa shape index (κ3) is 3.15. The Bertz CT molecular complexity index is 444. The number of imidazole rings is 1. The third-order valence-electron chi connectivity index (χ3n) is 4.10. The van der Waals surface area contributed by atoms with Gasteiger partial charge in [0.05, 0.1) is 12.5 Å². The monoisotopic (exact) mass is 264 g/mol. The molecule has 0 bridgehead atoms. The van der Waals surface area contributed by atoms with Crippen molar-refractivity contribution in [2.75, 3.05) is 13.1 Å². The van der Waals surface area contributed by atoms with Crippen molar-refractivity contribution in [1.29, 1.82) is 0 Å². The molecule has 1 saturated heterocycles. The fraction of sp³-hybridized carbons (Fsp3) is 0.714. The van der Waals surface area contributed by atoms with Crippen LogP contribution in [0, 0.1) is 0 Å². The van der Waals surface area contributed by atoms with Crippen LogP contribution in [0.1, 0.15) is 44.1 Å². The van der Waals surface area contributed by atoms with Crippen molar-refractivity contribution in [1.82, 2.24) is 19.8 Å². The molecule has 1 aliphatic heterocycles. The number of aryl methyl sites for hydroxylation is 1. The minimum Gasteiger partial charge on any atom is -0.345 e. The van der Waals surface area contributed by atoms with E-state index in [1.54, 1.807) is 17.1 Å². The molecule has 0 spiro atoms. The Balaban J connectivity index is 1.96. The summed E-state index contributed by atoms with van der Waals surface area (Å²) in [5.74, 6) is -0.0273. The van der Waals surface area contributed by atoms with Gasteiger partial charge in [0.2, 0.25) is 0 Å². The molecule has 5 nitrogen and oxygen atoms in total. The average Bonchev–Trinajstić information content (AvgIpc) is 2.75. The average molecular weight is 264 g/mol. The second-order valence-electron chi connectivity index (χ2n) is 6.03. The molecule has 0 atom stereocenters. The van der Waals surface area contributed by atoms with Crippen molar-refractivity contribution in [2.45, 2.75) is 45.2 Å². The Morgan fingerprint density at radius 3 is 2.53 bits per heavy atom. The molecule has 0 radical (unpaired) electrons. The third-order valence-corrected chi connectivity index (χ3v) is 4.10. The van der Waals surface area contributed by atoms with Gasteiger partial charge in [-0.2, -0.15) is 0 Å². The Morgan fingerprint density at radius 2 is 2.05 bits per heavy atom. The SMILES string of the molecule is CC(C)N1CCC(C)(NC(=O)c2cncn2C)CC1. The number of hydrogen-bond acceptors (Lipinski definition) is 3. The first-order valence-corrected chi connectivity index (χ1v) is 6.94. The molecule has 0 unspecified atom stereocenters. The molecule has 0 aliphatic carbocycles. The lowest BCUT2D eigenvalue weighted by Gasteiger charge is -2.41. The van der Waals surface area contributed by atoms with Gasteiger partial charge in [0.1, 0.15) is 5.69 Å². The van der Waals surface area contributed by atoms with Gasteiger partial charge in [-0.25, -0.2) is 4.98 Å². The highest BCUT2D eigenvalue weighted by Gasteiger charge is 2.32. The number of carbonyl (C=O) groups excluding carboxylic acids is 1. The maximum Gasteiger partial charge on any atom is 0.269 e. The number of nitrogens with one attached hydrogen (secondary N) is 1. The molecule has 0 saturated carbocycles. The normalized spacial score (nSPS) is 19.6. The number of amides is 1. The number of piperidine rings is 1. The number of nitrogens with zero attached hydrogens (tertiary/aromatic N) is 3. The highest BCUT2D eigenvalue weighted by atomic mass is 16.2. The predicted molar refractivity (Wildman–Crippen MR) is 75.0 cm³/mol. The molecule has 19 heavy (non-hydrogen) atoms. The van der Waals surface area contributed by atoms with Gasteiger partial charge in [0.25, 0.3) is 5.91 Å². The molecule has 1 aromatic heterocycles. The first kappa shape index (κ1) is 14.1. The largest absolute Gasteiger partial charge is 0.345 e. The van der Waals surface area contributed by atoms with Crippen molar-refractivity contribution in [3.05, 3.63) is 18.2 Å². The molecule has 106 valence electrons. The van der Waals surface area contributed by atoms with Gasteiger partial charge in [-0.3, -0.25) is 4.79 Å². The molecule has 1 fully saturated rings. The molecule has 1 amide bonds. The summed E-state index contributed by atoms with van der Waals surface area (Å²) >= 11 is 0. The second-order valence-corrected chi connectivity index (χ2v) is 6.03. The summed E-state index contributed by atoms with van der Waals surface area (Å²) in [5.41, 5.74) is 0.514. The molecule has 1 aromatic rings. The first-order chi connectivity index (χ1) is 8.91. The zero-order valence-corrected chi connectivity index (χ0v) is 12.3. The molecule has 2 heterocycles. The van der Waals surface area contributed by atoms with E-state index in [9.17, 15) is 4.79 Å². The van der Waals surface area contributed by atoms with Crippen LogP contribution in [0.2, 0.25) is 0 Å². The van der Waals surface area contributed by atoms with Crippen LogP contribution in [0.5, 0.6) is 0 Å². The van der Waals surface area contributed by atoms with E-state index in [1.807, 2.05) is 7.05 Å². The lowest BCUT2D eigenvalue weighted by atomic mass is 9.89. The van der Waals surface area contributed by atoms with E-state index in [0.717, 1.165) is 25.9 Å². The lowest BCUT2D eigenvalue weighted by molar-refractivity contribution is 0.0794. The lowest BCUT2D eigenvalue weighted by Crippen LogP contribution is -2.54. The van der Waals surface area contributed by atoms with Crippen LogP contribution < -0.4 is 5.32 Å². The van der Waals surface area contributed by atoms with Crippen molar-refractivity contribution in [3.63, 3.8) is 0 Å². The Morgan fingerprint density at radius 1 is 1.42 bits per heavy atom. The molecule has 5 heteroatoms. The van der Waals surface area contributed by atoms with Gasteiger partial charge in [-0.05, 0) is 33.6 Å². The minimum atomic E-state index is -0.104. The van der Waals surface area contributed by atoms with Crippen molar-refractivity contribution in [2.24, 2.45) is 7.05 Å². The number of rotatable bonds is 3. The van der Waals surface area contributed by atoms with Gasteiger partial charge in [0.15, 0.2) is 0 Å². The first-order valence-electron chi connectivity index (χ1n) is 6.94. The topological polar surface area (TPSA) is 50.2 Å². The summed E-state index contributed by atoms with van der Waals surface area (Å²) in [5, 5.41) is 3.17. The smallest absolute Gasteiger partial charge is 0.269 e. The van der Waals surface area contributed by atoms with E-state index in [0.29, 0.717) is 11.7 Å². The quantitative estimate of drug-likeness (QED) is 0.898. The van der Waals surface area contributed by atoms with Gasteiger partial charge in [-0.15, -0.1) is 0 Å². The molecular weight excluding hydrogens is 240 g/mol. The van der Waals surface area contributed by atoms with E-state index < -0.39 is 0 Å². The van der Waals surface area contributed by atoms with E-state index in [4.69, 9.17) is 0 Å². The summed E-state index contributed by atoms with van der Waals surface area (Å²) < 4.78 is 1.75. The van der Waals surface area contributed by atoms with Gasteiger partial charge >= 0.3 is 0 Å². The number of hydrogen-bond donors (Lipinski definition) is 1. The molecular formula is C14H24N4O. The number of aromatic nitrogens is 2. The molecule has 0 aromatic carbocycles. The minimum absolute atomic E-state index is 0.0273. The highest BCUT2D eigenvalue weighted by molar-refractivity contribution is 5.92. The summed E-state index contributed by atoms with van der Waals surface area (Å²) in [4.78, 5) is 18.7. The van der Waals surface area contributed by atoms with Crippen LogP contribution in [0.4, 0.5) is 0 Å². The van der Waals surface area contributed by atoms with Crippen molar-refractivity contribution in [3.8, 4) is 0 Å². The zero-order chi connectivity index (χ0) is 14.0. The van der Waals surface area contributed by atoms with E-state index in [-0.39, 0.29) is 11.4 Å². The standard InChI is InChI=1S/C14H24N4O/c1-11(2)18-7-5-14(3,6-8-18)16-13(19)12-9-15-10-17(12)4/h9-11H,5-8H2,1-4H3,(H,16,19). The van der Waals surface area contributed by atoms with Crippen molar-refractivity contribution >= 4 is 5.91 Å². The zero-order valence-electron chi connectivity index (χ0n) is 12.3. The Hall–Kier alpha value is -1.36. The van der Waals surface area contributed by atoms with Gasteiger partial charge in [-0.1, -0.05) is 0 Å². The predicted octanol–water partition coefficient (Wildman–Crippen LogP) is 1.41. The van der Waals surface area contributed by atoms with Crippen molar-refractivity contribution < 1.29 is 4.79 Å². The summed E-state index contributed by atoms with van der Waals surface area (Å²) in [6.07, 6.45) is 5.25. The van der Waals surface area contributed by atoms with E-state index in [2.05, 4.69) is 36.0 Å². The summed E-state index contributed by atoms with van der Waals surface area (Å²) in [6.45, 7) is 8.66. The Labute approximate surface area is 115 Å². The fourth-order valence-electron chi connectivity index (χ4n) is 2.57. The van der Waals surface area contributed by atoms with Crippen LogP contribution in [-0.4, -0.2) is 45.0 Å². The van der Waals surface area contributed by atoms with Crippen LogP contribution in [0.3, 0.4) is 0 Å². The number of carbonyl (C=O) groups is 1. The fourth-order valence-corrected chi connectivity index (χ4v) is 2.57. The summed E-state index contributed by atoms with van der Waals surface area (Å²) in [7, 11) is 1.84. The molecule has 2 rings (SSSR count). The summed E-state index contributed by atoms with van der Waals surface area (Å²) in [6, 6.07) is 0.581. The Kier molecular flexibility index (Phi) is 3.94. The van der Waals surface area contributed by atoms with E-state index in [1.165, 1.54) is 0 Å². The van der Waals surface area contributed by atoms with Crippen LogP contribution >= 0.6 is 0 Å². The molecule has 1 aliphatic rings. The van der Waals surface area contributed by atoms with Crippen LogP contribution in [0.25, 0.3) is 0 Å².